The number of fused-ring (bicyclic) bond motifs is 2. The largest absolute Gasteiger partial charge is 0.338 e. The fourth-order valence-corrected chi connectivity index (χ4v) is 3.93. The van der Waals surface area contributed by atoms with Crippen LogP contribution in [0.4, 0.5) is 10.5 Å². The number of carbonyl (C=O) groups is 1. The first-order valence-electron chi connectivity index (χ1n) is 8.02. The Balaban J connectivity index is 1.49. The summed E-state index contributed by atoms with van der Waals surface area (Å²) in [7, 11) is 0. The highest BCUT2D eigenvalue weighted by atomic mass is 16.2. The zero-order chi connectivity index (χ0) is 14.8. The lowest BCUT2D eigenvalue weighted by Gasteiger charge is -2.22. The third-order valence-electron chi connectivity index (χ3n) is 5.08. The predicted octanol–water partition coefficient (Wildman–Crippen LogP) is 3.26. The van der Waals surface area contributed by atoms with Crippen LogP contribution in [-0.2, 0) is 0 Å². The van der Waals surface area contributed by atoms with Crippen molar-refractivity contribution in [2.24, 2.45) is 23.5 Å². The first-order chi connectivity index (χ1) is 10.1. The lowest BCUT2D eigenvalue weighted by atomic mass is 9.89. The van der Waals surface area contributed by atoms with Crippen molar-refractivity contribution in [2.45, 2.75) is 38.6 Å². The van der Waals surface area contributed by atoms with E-state index in [9.17, 15) is 4.79 Å². The molecule has 21 heavy (non-hydrogen) atoms. The van der Waals surface area contributed by atoms with Crippen LogP contribution in [0.5, 0.6) is 0 Å². The minimum atomic E-state index is -0.111. The van der Waals surface area contributed by atoms with Crippen molar-refractivity contribution in [3.63, 3.8) is 0 Å². The molecule has 4 N–H and O–H groups in total. The van der Waals surface area contributed by atoms with Gasteiger partial charge in [-0.2, -0.15) is 0 Å². The molecule has 2 aliphatic rings. The third-order valence-corrected chi connectivity index (χ3v) is 5.08. The second kappa shape index (κ2) is 6.06. The minimum Gasteiger partial charge on any atom is -0.338 e. The molecule has 2 bridgehead atoms. The SMILES string of the molecule is CC(N)c1cccc(NC(=O)NCC2CC3CCC2C3)c1. The Kier molecular flexibility index (Phi) is 4.15. The zero-order valence-electron chi connectivity index (χ0n) is 12.6. The number of hydrogen-bond donors (Lipinski definition) is 3. The van der Waals surface area contributed by atoms with E-state index in [1.54, 1.807) is 0 Å². The molecular formula is C17H25N3O. The van der Waals surface area contributed by atoms with Gasteiger partial charge in [0.25, 0.3) is 0 Å². The number of benzene rings is 1. The Labute approximate surface area is 126 Å². The summed E-state index contributed by atoms with van der Waals surface area (Å²) in [5, 5.41) is 5.92. The summed E-state index contributed by atoms with van der Waals surface area (Å²) in [5.74, 6) is 2.45. The summed E-state index contributed by atoms with van der Waals surface area (Å²) in [6, 6.07) is 7.58. The summed E-state index contributed by atoms with van der Waals surface area (Å²) in [5.41, 5.74) is 7.69. The first kappa shape index (κ1) is 14.4. The predicted molar refractivity (Wildman–Crippen MR) is 85.0 cm³/mol. The smallest absolute Gasteiger partial charge is 0.319 e. The van der Waals surface area contributed by atoms with Crippen LogP contribution in [0.25, 0.3) is 0 Å². The number of nitrogens with two attached hydrogens (primary N) is 1. The van der Waals surface area contributed by atoms with E-state index < -0.39 is 0 Å². The molecule has 2 saturated carbocycles. The molecule has 114 valence electrons. The van der Waals surface area contributed by atoms with Crippen LogP contribution in [0.3, 0.4) is 0 Å². The van der Waals surface area contributed by atoms with Crippen molar-refractivity contribution in [3.05, 3.63) is 29.8 Å². The fourth-order valence-electron chi connectivity index (χ4n) is 3.93. The lowest BCUT2D eigenvalue weighted by Crippen LogP contribution is -2.34. The van der Waals surface area contributed by atoms with Crippen LogP contribution in [0.2, 0.25) is 0 Å². The van der Waals surface area contributed by atoms with Gasteiger partial charge in [-0.3, -0.25) is 0 Å². The van der Waals surface area contributed by atoms with Crippen molar-refractivity contribution in [1.29, 1.82) is 0 Å². The summed E-state index contributed by atoms with van der Waals surface area (Å²) in [4.78, 5) is 12.0. The zero-order valence-corrected chi connectivity index (χ0v) is 12.6. The van der Waals surface area contributed by atoms with E-state index >= 15 is 0 Å². The molecule has 2 aliphatic carbocycles. The van der Waals surface area contributed by atoms with Gasteiger partial charge in [0.1, 0.15) is 0 Å². The van der Waals surface area contributed by atoms with Crippen LogP contribution in [0.1, 0.15) is 44.2 Å². The molecule has 0 heterocycles. The van der Waals surface area contributed by atoms with Crippen LogP contribution in [0, 0.1) is 17.8 Å². The van der Waals surface area contributed by atoms with E-state index in [-0.39, 0.29) is 12.1 Å². The van der Waals surface area contributed by atoms with Gasteiger partial charge in [-0.15, -0.1) is 0 Å². The monoisotopic (exact) mass is 287 g/mol. The van der Waals surface area contributed by atoms with Gasteiger partial charge in [-0.05, 0) is 61.6 Å². The Morgan fingerprint density at radius 3 is 2.90 bits per heavy atom. The average molecular weight is 287 g/mol. The highest BCUT2D eigenvalue weighted by Crippen LogP contribution is 2.47. The third kappa shape index (κ3) is 3.38. The van der Waals surface area contributed by atoms with Crippen LogP contribution in [-0.4, -0.2) is 12.6 Å². The van der Waals surface area contributed by atoms with E-state index in [1.807, 2.05) is 31.2 Å². The van der Waals surface area contributed by atoms with Gasteiger partial charge in [-0.1, -0.05) is 18.6 Å². The number of rotatable bonds is 4. The van der Waals surface area contributed by atoms with Crippen LogP contribution < -0.4 is 16.4 Å². The second-order valence-electron chi connectivity index (χ2n) is 6.68. The van der Waals surface area contributed by atoms with Crippen molar-refractivity contribution in [2.75, 3.05) is 11.9 Å². The Bertz CT molecular complexity index is 515. The van der Waals surface area contributed by atoms with Gasteiger partial charge in [0.15, 0.2) is 0 Å². The maximum atomic E-state index is 12.0. The standard InChI is InChI=1S/C17H25N3O/c1-11(18)13-3-2-4-16(9-13)20-17(21)19-10-15-8-12-5-6-14(15)7-12/h2-4,9,11-12,14-15H,5-8,10,18H2,1H3,(H2,19,20,21). The Morgan fingerprint density at radius 2 is 2.24 bits per heavy atom. The number of carbonyl (C=O) groups excluding carboxylic acids is 1. The highest BCUT2D eigenvalue weighted by molar-refractivity contribution is 5.89. The van der Waals surface area contributed by atoms with Gasteiger partial charge in [0.05, 0.1) is 0 Å². The number of nitrogens with one attached hydrogen (secondary N) is 2. The van der Waals surface area contributed by atoms with Crippen LogP contribution >= 0.6 is 0 Å². The lowest BCUT2D eigenvalue weighted by molar-refractivity contribution is 0.245. The van der Waals surface area contributed by atoms with E-state index in [0.29, 0.717) is 5.92 Å². The van der Waals surface area contributed by atoms with Crippen molar-refractivity contribution in [3.8, 4) is 0 Å². The van der Waals surface area contributed by atoms with Crippen molar-refractivity contribution < 1.29 is 4.79 Å². The number of anilines is 1. The van der Waals surface area contributed by atoms with Gasteiger partial charge in [0, 0.05) is 18.3 Å². The van der Waals surface area contributed by atoms with E-state index in [2.05, 4.69) is 10.6 Å². The van der Waals surface area contributed by atoms with E-state index in [1.165, 1.54) is 25.7 Å². The molecule has 0 aromatic heterocycles. The molecule has 0 spiro atoms. The summed E-state index contributed by atoms with van der Waals surface area (Å²) >= 11 is 0. The van der Waals surface area contributed by atoms with Gasteiger partial charge >= 0.3 is 6.03 Å². The summed E-state index contributed by atoms with van der Waals surface area (Å²) < 4.78 is 0. The average Bonchev–Trinajstić information content (AvgIpc) is 3.08. The maximum absolute atomic E-state index is 12.0. The van der Waals surface area contributed by atoms with Crippen molar-refractivity contribution >= 4 is 11.7 Å². The topological polar surface area (TPSA) is 67.1 Å². The summed E-state index contributed by atoms with van der Waals surface area (Å²) in [6.07, 6.45) is 5.43. The first-order valence-corrected chi connectivity index (χ1v) is 8.02. The van der Waals surface area contributed by atoms with Gasteiger partial charge < -0.3 is 16.4 Å². The molecule has 0 aliphatic heterocycles. The fraction of sp³-hybridized carbons (Fsp3) is 0.588. The van der Waals surface area contributed by atoms with Crippen LogP contribution in [0.15, 0.2) is 24.3 Å². The molecule has 3 rings (SSSR count). The van der Waals surface area contributed by atoms with E-state index in [4.69, 9.17) is 5.73 Å². The maximum Gasteiger partial charge on any atom is 0.319 e. The quantitative estimate of drug-likeness (QED) is 0.795. The number of urea groups is 1. The number of hydrogen-bond acceptors (Lipinski definition) is 2. The molecule has 2 amide bonds. The molecule has 4 heteroatoms. The minimum absolute atomic E-state index is 0.0242. The molecule has 4 nitrogen and oxygen atoms in total. The normalized spacial score (nSPS) is 28.4. The Morgan fingerprint density at radius 1 is 1.38 bits per heavy atom. The molecule has 4 unspecified atom stereocenters. The van der Waals surface area contributed by atoms with Crippen molar-refractivity contribution in [1.82, 2.24) is 5.32 Å². The molecule has 2 fully saturated rings. The molecule has 4 atom stereocenters. The van der Waals surface area contributed by atoms with Gasteiger partial charge in [-0.25, -0.2) is 4.79 Å². The van der Waals surface area contributed by atoms with E-state index in [0.717, 1.165) is 29.6 Å². The number of amides is 2. The molecule has 0 radical (unpaired) electrons. The molecule has 1 aromatic rings. The highest BCUT2D eigenvalue weighted by Gasteiger charge is 2.39. The second-order valence-corrected chi connectivity index (χ2v) is 6.68. The summed E-state index contributed by atoms with van der Waals surface area (Å²) in [6.45, 7) is 2.74. The van der Waals surface area contributed by atoms with Gasteiger partial charge in [0.2, 0.25) is 0 Å². The Hall–Kier alpha value is -1.55. The molecule has 0 saturated heterocycles. The molecular weight excluding hydrogens is 262 g/mol. The molecule has 1 aromatic carbocycles.